The number of amides is 4. The van der Waals surface area contributed by atoms with Crippen LogP contribution in [-0.4, -0.2) is 46.4 Å². The van der Waals surface area contributed by atoms with Gasteiger partial charge in [-0.25, -0.2) is 4.90 Å². The molecule has 0 atom stereocenters. The van der Waals surface area contributed by atoms with E-state index in [1.807, 2.05) is 0 Å². The molecule has 2 aliphatic rings. The van der Waals surface area contributed by atoms with Crippen molar-refractivity contribution in [2.45, 2.75) is 102 Å². The van der Waals surface area contributed by atoms with E-state index in [-0.39, 0.29) is 47.4 Å². The van der Waals surface area contributed by atoms with Gasteiger partial charge in [0.1, 0.15) is 0 Å². The Morgan fingerprint density at radius 3 is 1.34 bits per heavy atom. The molecule has 0 bridgehead atoms. The third-order valence-electron chi connectivity index (χ3n) is 12.2. The summed E-state index contributed by atoms with van der Waals surface area (Å²) in [5, 5.41) is 0. The first-order chi connectivity index (χ1) is 28.6. The predicted molar refractivity (Wildman–Crippen MR) is 202 cm³/mol. The normalized spacial score (nSPS) is 15.3. The maximum Gasteiger partial charge on any atom is 0.417 e. The van der Waals surface area contributed by atoms with E-state index in [1.165, 1.54) is 13.0 Å². The van der Waals surface area contributed by atoms with Crippen LogP contribution in [0.2, 0.25) is 0 Å². The first kappa shape index (κ1) is 45.8. The van der Waals surface area contributed by atoms with Gasteiger partial charge in [0.2, 0.25) is 5.41 Å². The zero-order chi connectivity index (χ0) is 46.3. The lowest BCUT2D eigenvalue weighted by molar-refractivity contribution is -0.288. The van der Waals surface area contributed by atoms with Crippen LogP contribution >= 0.6 is 0 Å². The van der Waals surface area contributed by atoms with Gasteiger partial charge in [-0.1, -0.05) is 58.0 Å². The van der Waals surface area contributed by atoms with Gasteiger partial charge in [-0.2, -0.15) is 52.7 Å². The van der Waals surface area contributed by atoms with Gasteiger partial charge in [0.15, 0.2) is 0 Å². The number of hydrogen-bond donors (Lipinski definition) is 0. The smallest absolute Gasteiger partial charge is 0.269 e. The Morgan fingerprint density at radius 2 is 0.887 bits per heavy atom. The van der Waals surface area contributed by atoms with E-state index < -0.39 is 121 Å². The van der Waals surface area contributed by atoms with Crippen molar-refractivity contribution < 1.29 is 71.9 Å². The van der Waals surface area contributed by atoms with Crippen LogP contribution in [-0.2, 0) is 17.8 Å². The van der Waals surface area contributed by atoms with Gasteiger partial charge < -0.3 is 0 Å². The van der Waals surface area contributed by atoms with Gasteiger partial charge in [0, 0.05) is 5.54 Å². The van der Waals surface area contributed by atoms with Crippen molar-refractivity contribution in [3.8, 4) is 11.1 Å². The van der Waals surface area contributed by atoms with E-state index >= 15 is 26.3 Å². The van der Waals surface area contributed by atoms with Gasteiger partial charge in [0.25, 0.3) is 23.6 Å². The first-order valence-corrected chi connectivity index (χ1v) is 19.3. The molecule has 0 N–H and O–H groups in total. The van der Waals surface area contributed by atoms with Gasteiger partial charge >= 0.3 is 24.7 Å². The molecule has 0 unspecified atom stereocenters. The Balaban J connectivity index is 1.48. The van der Waals surface area contributed by atoms with Crippen molar-refractivity contribution in [2.24, 2.45) is 0 Å². The summed E-state index contributed by atoms with van der Waals surface area (Å²) in [6.07, 6.45) is -21.9. The number of imide groups is 2. The van der Waals surface area contributed by atoms with Crippen LogP contribution in [0.25, 0.3) is 11.1 Å². The summed E-state index contributed by atoms with van der Waals surface area (Å²) in [5.74, 6) is -5.52. The molecule has 330 valence electrons. The standard InChI is InChI=1S/C44H36F12N2O4/c1-6-22(7-2)23-10-14-27(33(18-23)41(45,46)47)28-17-13-26(21-34(28)42(48,49)50)57-35(59)29-15-11-24(19-31(29)36(57)60)40(43(51,52)53,44(54,55)56)25-12-16-30-32(20-25)38(62)58(37(30)61)39(5,8-3)9-4/h10-22H,6-9H2,1-5H3. The van der Waals surface area contributed by atoms with E-state index in [4.69, 9.17) is 0 Å². The molecule has 0 spiro atoms. The number of carbonyl (C=O) groups is 4. The van der Waals surface area contributed by atoms with Gasteiger partial charge in [-0.05, 0) is 109 Å². The molecule has 0 aromatic heterocycles. The molecule has 4 amide bonds. The number of hydrogen-bond acceptors (Lipinski definition) is 4. The Hall–Kier alpha value is -5.68. The topological polar surface area (TPSA) is 74.8 Å². The number of anilines is 1. The molecule has 6 nitrogen and oxygen atoms in total. The highest BCUT2D eigenvalue weighted by atomic mass is 19.4. The lowest BCUT2D eigenvalue weighted by Gasteiger charge is -2.38. The average Bonchev–Trinajstić information content (AvgIpc) is 3.59. The van der Waals surface area contributed by atoms with E-state index in [9.17, 15) is 45.5 Å². The maximum atomic E-state index is 15.3. The minimum Gasteiger partial charge on any atom is -0.269 e. The highest BCUT2D eigenvalue weighted by Gasteiger charge is 2.73. The number of carbonyl (C=O) groups excluding carboxylic acids is 4. The van der Waals surface area contributed by atoms with Crippen LogP contribution in [0.5, 0.6) is 0 Å². The Morgan fingerprint density at radius 1 is 0.484 bits per heavy atom. The number of nitrogens with zero attached hydrogens (tertiary/aromatic N) is 2. The fourth-order valence-electron chi connectivity index (χ4n) is 8.41. The van der Waals surface area contributed by atoms with Crippen molar-refractivity contribution in [3.05, 3.63) is 123 Å². The zero-order valence-corrected chi connectivity index (χ0v) is 33.4. The van der Waals surface area contributed by atoms with Crippen molar-refractivity contribution in [2.75, 3.05) is 4.90 Å². The summed E-state index contributed by atoms with van der Waals surface area (Å²) in [5.41, 5.74) is -18.1. The molecule has 62 heavy (non-hydrogen) atoms. The second kappa shape index (κ2) is 15.3. The van der Waals surface area contributed by atoms with E-state index in [0.29, 0.717) is 49.2 Å². The van der Waals surface area contributed by atoms with E-state index in [2.05, 4.69) is 0 Å². The van der Waals surface area contributed by atoms with E-state index in [1.54, 1.807) is 27.7 Å². The van der Waals surface area contributed by atoms with Crippen molar-refractivity contribution in [1.29, 1.82) is 0 Å². The van der Waals surface area contributed by atoms with Crippen LogP contribution in [0.1, 0.15) is 135 Å². The molecule has 4 aromatic carbocycles. The third-order valence-corrected chi connectivity index (χ3v) is 12.2. The van der Waals surface area contributed by atoms with E-state index in [0.717, 1.165) is 17.0 Å². The highest BCUT2D eigenvalue weighted by molar-refractivity contribution is 6.34. The Bertz CT molecular complexity index is 2480. The molecule has 0 aliphatic carbocycles. The Kier molecular flexibility index (Phi) is 11.3. The maximum absolute atomic E-state index is 15.3. The summed E-state index contributed by atoms with van der Waals surface area (Å²) in [7, 11) is 0. The number of benzene rings is 4. The second-order valence-corrected chi connectivity index (χ2v) is 15.4. The summed E-state index contributed by atoms with van der Waals surface area (Å²) >= 11 is 0. The van der Waals surface area contributed by atoms with Crippen LogP contribution in [0.4, 0.5) is 58.4 Å². The summed E-state index contributed by atoms with van der Waals surface area (Å²) in [6, 6.07) is 6.54. The molecule has 18 heteroatoms. The second-order valence-electron chi connectivity index (χ2n) is 15.4. The zero-order valence-electron chi connectivity index (χ0n) is 33.4. The molecule has 0 radical (unpaired) electrons. The van der Waals surface area contributed by atoms with Gasteiger partial charge in [0.05, 0.1) is 39.1 Å². The van der Waals surface area contributed by atoms with Gasteiger partial charge in [-0.15, -0.1) is 0 Å². The summed E-state index contributed by atoms with van der Waals surface area (Å²) in [4.78, 5) is 55.1. The third kappa shape index (κ3) is 7.02. The van der Waals surface area contributed by atoms with Crippen molar-refractivity contribution in [1.82, 2.24) is 4.90 Å². The fourth-order valence-corrected chi connectivity index (χ4v) is 8.41. The van der Waals surface area contributed by atoms with Gasteiger partial charge in [-0.3, -0.25) is 24.1 Å². The molecule has 2 heterocycles. The average molecular weight is 885 g/mol. The number of halogens is 12. The SMILES string of the molecule is CCC(CC)c1ccc(-c2ccc(N3C(=O)c4ccc(C(c5ccc6c(c5)C(=O)N(C(C)(CC)CC)C6=O)(C(F)(F)F)C(F)(F)F)cc4C3=O)cc2C(F)(F)F)c(C(F)(F)F)c1. The molecule has 0 saturated carbocycles. The fraction of sp³-hybridized carbons (Fsp3) is 0.364. The number of rotatable bonds is 10. The molecular weight excluding hydrogens is 848 g/mol. The van der Waals surface area contributed by atoms with Crippen LogP contribution in [0, 0.1) is 0 Å². The number of fused-ring (bicyclic) bond motifs is 2. The van der Waals surface area contributed by atoms with Crippen LogP contribution < -0.4 is 4.90 Å². The molecule has 0 saturated heterocycles. The van der Waals surface area contributed by atoms with Crippen molar-refractivity contribution >= 4 is 29.3 Å². The molecule has 2 aliphatic heterocycles. The monoisotopic (exact) mass is 884 g/mol. The van der Waals surface area contributed by atoms with Crippen molar-refractivity contribution in [3.63, 3.8) is 0 Å². The molecular formula is C44H36F12N2O4. The largest absolute Gasteiger partial charge is 0.417 e. The molecule has 6 rings (SSSR count). The lowest BCUT2D eigenvalue weighted by atomic mass is 9.71. The van der Waals surface area contributed by atoms with Crippen LogP contribution in [0.3, 0.4) is 0 Å². The first-order valence-electron chi connectivity index (χ1n) is 19.3. The predicted octanol–water partition coefficient (Wildman–Crippen LogP) is 12.7. The quantitative estimate of drug-likeness (QED) is 0.117. The highest BCUT2D eigenvalue weighted by Crippen LogP contribution is 2.57. The molecule has 4 aromatic rings. The minimum absolute atomic E-state index is 0.0594. The van der Waals surface area contributed by atoms with Crippen LogP contribution in [0.15, 0.2) is 72.8 Å². The minimum atomic E-state index is -6.29. The Labute approximate surface area is 346 Å². The molecule has 0 fully saturated rings. The lowest BCUT2D eigenvalue weighted by Crippen LogP contribution is -2.55. The summed E-state index contributed by atoms with van der Waals surface area (Å²) < 4.78 is 179. The summed E-state index contributed by atoms with van der Waals surface area (Å²) in [6.45, 7) is 8.23. The number of alkyl halides is 12.